The van der Waals surface area contributed by atoms with Crippen LogP contribution < -0.4 is 0 Å². The fraction of sp³-hybridized carbons (Fsp3) is 0. The molecular weight excluding hydrogens is 292 g/mol. The largest absolute Gasteiger partial charge is 0.508 e. The summed E-state index contributed by atoms with van der Waals surface area (Å²) in [6.45, 7) is 0. The van der Waals surface area contributed by atoms with Crippen molar-refractivity contribution in [3.8, 4) is 5.75 Å². The SMILES string of the molecule is Oc1cccc(C(=C(Cl)c2ccccc2)c2ccccc2)c1. The van der Waals surface area contributed by atoms with Crippen molar-refractivity contribution in [2.24, 2.45) is 0 Å². The van der Waals surface area contributed by atoms with Crippen LogP contribution in [0.5, 0.6) is 5.75 Å². The van der Waals surface area contributed by atoms with Gasteiger partial charge in [0, 0.05) is 5.57 Å². The summed E-state index contributed by atoms with van der Waals surface area (Å²) in [5.74, 6) is 0.225. The van der Waals surface area contributed by atoms with Gasteiger partial charge in [-0.2, -0.15) is 0 Å². The highest BCUT2D eigenvalue weighted by Crippen LogP contribution is 2.35. The Bertz CT molecular complexity index is 792. The van der Waals surface area contributed by atoms with E-state index in [2.05, 4.69) is 0 Å². The smallest absolute Gasteiger partial charge is 0.116 e. The molecule has 22 heavy (non-hydrogen) atoms. The van der Waals surface area contributed by atoms with Crippen LogP contribution in [0.15, 0.2) is 84.9 Å². The molecule has 1 nitrogen and oxygen atoms in total. The molecule has 0 heterocycles. The van der Waals surface area contributed by atoms with Crippen LogP contribution in [0.2, 0.25) is 0 Å². The van der Waals surface area contributed by atoms with Crippen molar-refractivity contribution in [3.63, 3.8) is 0 Å². The van der Waals surface area contributed by atoms with Gasteiger partial charge < -0.3 is 5.11 Å². The van der Waals surface area contributed by atoms with Crippen LogP contribution in [0.4, 0.5) is 0 Å². The molecule has 0 saturated heterocycles. The monoisotopic (exact) mass is 306 g/mol. The van der Waals surface area contributed by atoms with Crippen LogP contribution in [-0.2, 0) is 0 Å². The molecule has 0 atom stereocenters. The van der Waals surface area contributed by atoms with E-state index >= 15 is 0 Å². The highest BCUT2D eigenvalue weighted by atomic mass is 35.5. The summed E-state index contributed by atoms with van der Waals surface area (Å²) < 4.78 is 0. The molecule has 0 spiro atoms. The summed E-state index contributed by atoms with van der Waals surface area (Å²) in [5, 5.41) is 10.5. The molecule has 3 rings (SSSR count). The molecular formula is C20H15ClO. The average Bonchev–Trinajstić information content (AvgIpc) is 2.57. The number of benzene rings is 3. The van der Waals surface area contributed by atoms with Crippen LogP contribution in [0.3, 0.4) is 0 Å². The van der Waals surface area contributed by atoms with Gasteiger partial charge in [-0.15, -0.1) is 0 Å². The predicted octanol–water partition coefficient (Wildman–Crippen LogP) is 5.55. The minimum Gasteiger partial charge on any atom is -0.508 e. The Labute approximate surface area is 135 Å². The Kier molecular flexibility index (Phi) is 4.27. The van der Waals surface area contributed by atoms with Gasteiger partial charge in [-0.05, 0) is 28.8 Å². The number of hydrogen-bond donors (Lipinski definition) is 1. The summed E-state index contributed by atoms with van der Waals surface area (Å²) in [4.78, 5) is 0. The summed E-state index contributed by atoms with van der Waals surface area (Å²) >= 11 is 6.69. The van der Waals surface area contributed by atoms with Crippen molar-refractivity contribution >= 4 is 22.2 Å². The van der Waals surface area contributed by atoms with E-state index in [4.69, 9.17) is 11.6 Å². The Hall–Kier alpha value is -2.51. The predicted molar refractivity (Wildman–Crippen MR) is 92.8 cm³/mol. The number of phenolic OH excluding ortho intramolecular Hbond substituents is 1. The summed E-state index contributed by atoms with van der Waals surface area (Å²) in [6, 6.07) is 27.0. The quantitative estimate of drug-likeness (QED) is 0.629. The van der Waals surface area contributed by atoms with E-state index in [1.807, 2.05) is 72.8 Å². The van der Waals surface area contributed by atoms with Gasteiger partial charge in [-0.25, -0.2) is 0 Å². The zero-order valence-corrected chi connectivity index (χ0v) is 12.7. The second-order valence-corrected chi connectivity index (χ2v) is 5.35. The van der Waals surface area contributed by atoms with Gasteiger partial charge in [0.05, 0.1) is 5.03 Å². The molecule has 0 radical (unpaired) electrons. The zero-order valence-electron chi connectivity index (χ0n) is 11.9. The minimum atomic E-state index is 0.225. The third-order valence-corrected chi connectivity index (χ3v) is 3.85. The van der Waals surface area contributed by atoms with Crippen LogP contribution in [0.25, 0.3) is 10.6 Å². The third-order valence-electron chi connectivity index (χ3n) is 3.44. The summed E-state index contributed by atoms with van der Waals surface area (Å²) in [5.41, 5.74) is 3.76. The molecule has 0 unspecified atom stereocenters. The molecule has 0 aliphatic rings. The maximum atomic E-state index is 9.80. The van der Waals surface area contributed by atoms with E-state index < -0.39 is 0 Å². The van der Waals surface area contributed by atoms with E-state index in [0.29, 0.717) is 5.03 Å². The standard InChI is InChI=1S/C20H15ClO/c21-20(16-10-5-2-6-11-16)19(15-8-3-1-4-9-15)17-12-7-13-18(22)14-17/h1-14,22H. The van der Waals surface area contributed by atoms with Gasteiger partial charge >= 0.3 is 0 Å². The molecule has 108 valence electrons. The molecule has 3 aromatic carbocycles. The Balaban J connectivity index is 2.24. The van der Waals surface area contributed by atoms with Crippen molar-refractivity contribution in [3.05, 3.63) is 102 Å². The molecule has 0 bridgehead atoms. The van der Waals surface area contributed by atoms with E-state index in [9.17, 15) is 5.11 Å². The second kappa shape index (κ2) is 6.50. The highest BCUT2D eigenvalue weighted by Gasteiger charge is 2.12. The number of rotatable bonds is 3. The first-order valence-corrected chi connectivity index (χ1v) is 7.43. The molecule has 0 fully saturated rings. The Morgan fingerprint density at radius 2 is 1.18 bits per heavy atom. The lowest BCUT2D eigenvalue weighted by molar-refractivity contribution is 0.475. The van der Waals surface area contributed by atoms with E-state index in [1.54, 1.807) is 12.1 Å². The Morgan fingerprint density at radius 1 is 0.636 bits per heavy atom. The van der Waals surface area contributed by atoms with Crippen LogP contribution in [0.1, 0.15) is 16.7 Å². The normalized spacial score (nSPS) is 11.9. The lowest BCUT2D eigenvalue weighted by atomic mass is 9.95. The fourth-order valence-electron chi connectivity index (χ4n) is 2.42. The van der Waals surface area contributed by atoms with Gasteiger partial charge in [0.15, 0.2) is 0 Å². The average molecular weight is 307 g/mol. The number of halogens is 1. The van der Waals surface area contributed by atoms with E-state index in [0.717, 1.165) is 22.3 Å². The molecule has 0 amide bonds. The maximum Gasteiger partial charge on any atom is 0.116 e. The number of phenols is 1. The molecule has 1 N–H and O–H groups in total. The van der Waals surface area contributed by atoms with E-state index in [-0.39, 0.29) is 5.75 Å². The maximum absolute atomic E-state index is 9.80. The first-order chi connectivity index (χ1) is 10.8. The first-order valence-electron chi connectivity index (χ1n) is 7.06. The molecule has 0 saturated carbocycles. The van der Waals surface area contributed by atoms with Gasteiger partial charge in [0.1, 0.15) is 5.75 Å². The molecule has 0 aromatic heterocycles. The van der Waals surface area contributed by atoms with Crippen molar-refractivity contribution in [2.45, 2.75) is 0 Å². The van der Waals surface area contributed by atoms with Crippen molar-refractivity contribution in [2.75, 3.05) is 0 Å². The van der Waals surface area contributed by atoms with Crippen molar-refractivity contribution in [1.82, 2.24) is 0 Å². The molecule has 2 heteroatoms. The topological polar surface area (TPSA) is 20.2 Å². The fourth-order valence-corrected chi connectivity index (χ4v) is 2.76. The van der Waals surface area contributed by atoms with Crippen molar-refractivity contribution in [1.29, 1.82) is 0 Å². The van der Waals surface area contributed by atoms with Crippen molar-refractivity contribution < 1.29 is 5.11 Å². The molecule has 0 aliphatic heterocycles. The molecule has 0 aliphatic carbocycles. The summed E-state index contributed by atoms with van der Waals surface area (Å²) in [6.07, 6.45) is 0. The number of aromatic hydroxyl groups is 1. The van der Waals surface area contributed by atoms with Gasteiger partial charge in [-0.1, -0.05) is 84.4 Å². The lowest BCUT2D eigenvalue weighted by Gasteiger charge is -2.12. The van der Waals surface area contributed by atoms with Gasteiger partial charge in [0.2, 0.25) is 0 Å². The third kappa shape index (κ3) is 3.05. The minimum absolute atomic E-state index is 0.225. The lowest BCUT2D eigenvalue weighted by Crippen LogP contribution is -1.91. The molecule has 3 aromatic rings. The highest BCUT2D eigenvalue weighted by molar-refractivity contribution is 6.53. The van der Waals surface area contributed by atoms with Crippen LogP contribution >= 0.6 is 11.6 Å². The van der Waals surface area contributed by atoms with Gasteiger partial charge in [0.25, 0.3) is 0 Å². The van der Waals surface area contributed by atoms with Crippen LogP contribution in [-0.4, -0.2) is 5.11 Å². The summed E-state index contributed by atoms with van der Waals surface area (Å²) in [7, 11) is 0. The zero-order chi connectivity index (χ0) is 15.4. The van der Waals surface area contributed by atoms with Gasteiger partial charge in [-0.3, -0.25) is 0 Å². The second-order valence-electron chi connectivity index (χ2n) is 4.97. The van der Waals surface area contributed by atoms with E-state index in [1.165, 1.54) is 0 Å². The van der Waals surface area contributed by atoms with Crippen LogP contribution in [0, 0.1) is 0 Å². The number of hydrogen-bond acceptors (Lipinski definition) is 1. The first kappa shape index (κ1) is 14.4. The Morgan fingerprint density at radius 3 is 1.77 bits per heavy atom.